The smallest absolute Gasteiger partial charge is 0.290 e. The standard InChI is InChI=1S/C29H44N4O4/c1-3-17(2)25(29(36)33-26-21-12-19-11-20(14-21)15-22(26)13-19)32-27(34)23(16-18-7-5-4-6-8-18)31-28(35)24-9-10-30-37-24/h9-10,17-23,25-26H,3-8,11-16H2,1-2H3,(H,31,35)(H,32,34)(H,33,36)/t17-,19?,20?,21?,22?,23-,25-,26?/m0/s1. The van der Waals surface area contributed by atoms with Crippen LogP contribution < -0.4 is 16.0 Å². The van der Waals surface area contributed by atoms with Crippen molar-refractivity contribution in [3.8, 4) is 0 Å². The molecule has 1 aromatic rings. The van der Waals surface area contributed by atoms with Gasteiger partial charge in [0.05, 0.1) is 6.20 Å². The lowest BCUT2D eigenvalue weighted by atomic mass is 9.54. The molecule has 5 fully saturated rings. The average Bonchev–Trinajstić information content (AvgIpc) is 3.44. The zero-order chi connectivity index (χ0) is 25.9. The lowest BCUT2D eigenvalue weighted by Gasteiger charge is -2.54. The third-order valence-electron chi connectivity index (χ3n) is 9.91. The maximum atomic E-state index is 13.7. The summed E-state index contributed by atoms with van der Waals surface area (Å²) in [4.78, 5) is 40.1. The number of rotatable bonds is 10. The number of hydrogen-bond acceptors (Lipinski definition) is 5. The highest BCUT2D eigenvalue weighted by atomic mass is 16.5. The summed E-state index contributed by atoms with van der Waals surface area (Å²) in [6.45, 7) is 4.07. The number of nitrogens with one attached hydrogen (secondary N) is 3. The number of nitrogens with zero attached hydrogens (tertiary/aromatic N) is 1. The van der Waals surface area contributed by atoms with Crippen molar-refractivity contribution in [2.24, 2.45) is 35.5 Å². The molecule has 8 heteroatoms. The Morgan fingerprint density at radius 3 is 2.24 bits per heavy atom. The fraction of sp³-hybridized carbons (Fsp3) is 0.793. The van der Waals surface area contributed by atoms with E-state index in [9.17, 15) is 14.4 Å². The molecule has 1 aromatic heterocycles. The van der Waals surface area contributed by atoms with E-state index in [1.807, 2.05) is 13.8 Å². The van der Waals surface area contributed by atoms with Crippen molar-refractivity contribution in [3.63, 3.8) is 0 Å². The molecular formula is C29H44N4O4. The molecule has 5 aliphatic rings. The minimum absolute atomic E-state index is 0.0129. The summed E-state index contributed by atoms with van der Waals surface area (Å²) >= 11 is 0. The maximum absolute atomic E-state index is 13.7. The van der Waals surface area contributed by atoms with Crippen LogP contribution >= 0.6 is 0 Å². The first-order valence-electron chi connectivity index (χ1n) is 14.7. The zero-order valence-corrected chi connectivity index (χ0v) is 22.4. The van der Waals surface area contributed by atoms with Gasteiger partial charge in [0.15, 0.2) is 0 Å². The van der Waals surface area contributed by atoms with Gasteiger partial charge in [-0.15, -0.1) is 0 Å². The fourth-order valence-electron chi connectivity index (χ4n) is 7.92. The van der Waals surface area contributed by atoms with Crippen LogP contribution in [0, 0.1) is 35.5 Å². The van der Waals surface area contributed by atoms with Crippen LogP contribution in [0.3, 0.4) is 0 Å². The molecule has 3 amide bonds. The fourth-order valence-corrected chi connectivity index (χ4v) is 7.92. The Labute approximate surface area is 220 Å². The maximum Gasteiger partial charge on any atom is 0.290 e. The van der Waals surface area contributed by atoms with Crippen LogP contribution in [-0.4, -0.2) is 41.0 Å². The summed E-state index contributed by atoms with van der Waals surface area (Å²) < 4.78 is 5.01. The van der Waals surface area contributed by atoms with E-state index in [0.717, 1.165) is 43.9 Å². The molecule has 5 aliphatic carbocycles. The van der Waals surface area contributed by atoms with E-state index < -0.39 is 18.0 Å². The van der Waals surface area contributed by atoms with E-state index in [-0.39, 0.29) is 29.5 Å². The normalized spacial score (nSPS) is 31.4. The van der Waals surface area contributed by atoms with E-state index in [2.05, 4.69) is 21.1 Å². The van der Waals surface area contributed by atoms with Crippen molar-refractivity contribution in [3.05, 3.63) is 18.0 Å². The summed E-state index contributed by atoms with van der Waals surface area (Å²) in [5.41, 5.74) is 0. The molecule has 5 saturated carbocycles. The first kappa shape index (κ1) is 26.2. The van der Waals surface area contributed by atoms with E-state index >= 15 is 0 Å². The first-order valence-corrected chi connectivity index (χ1v) is 14.7. The highest BCUT2D eigenvalue weighted by molar-refractivity contribution is 5.96. The Balaban J connectivity index is 1.26. The van der Waals surface area contributed by atoms with Crippen molar-refractivity contribution < 1.29 is 18.9 Å². The highest BCUT2D eigenvalue weighted by Crippen LogP contribution is 2.53. The summed E-state index contributed by atoms with van der Waals surface area (Å²) in [7, 11) is 0. The van der Waals surface area contributed by atoms with Gasteiger partial charge >= 0.3 is 0 Å². The lowest BCUT2D eigenvalue weighted by Crippen LogP contribution is -2.61. The molecule has 0 spiro atoms. The molecule has 37 heavy (non-hydrogen) atoms. The minimum Gasteiger partial charge on any atom is -0.351 e. The SMILES string of the molecule is CC[C@H](C)[C@H](NC(=O)[C@H](CC1CCCCC1)NC(=O)c1ccno1)C(=O)NC1C2CC3CC(C2)CC1C3. The Kier molecular flexibility index (Phi) is 8.20. The van der Waals surface area contributed by atoms with Crippen LogP contribution in [0.4, 0.5) is 0 Å². The van der Waals surface area contributed by atoms with Gasteiger partial charge in [-0.1, -0.05) is 57.5 Å². The number of carbonyl (C=O) groups excluding carboxylic acids is 3. The van der Waals surface area contributed by atoms with E-state index in [1.54, 1.807) is 0 Å². The molecule has 4 bridgehead atoms. The van der Waals surface area contributed by atoms with E-state index in [0.29, 0.717) is 24.2 Å². The monoisotopic (exact) mass is 512 g/mol. The van der Waals surface area contributed by atoms with Gasteiger partial charge in [0.25, 0.3) is 5.91 Å². The van der Waals surface area contributed by atoms with E-state index in [1.165, 1.54) is 50.8 Å². The number of amides is 3. The predicted molar refractivity (Wildman–Crippen MR) is 139 cm³/mol. The van der Waals surface area contributed by atoms with Crippen molar-refractivity contribution >= 4 is 17.7 Å². The molecule has 8 nitrogen and oxygen atoms in total. The molecule has 0 saturated heterocycles. The van der Waals surface area contributed by atoms with Gasteiger partial charge in [-0.05, 0) is 74.0 Å². The van der Waals surface area contributed by atoms with Crippen LogP contribution in [0.5, 0.6) is 0 Å². The Morgan fingerprint density at radius 2 is 1.65 bits per heavy atom. The topological polar surface area (TPSA) is 113 Å². The quantitative estimate of drug-likeness (QED) is 0.435. The van der Waals surface area contributed by atoms with Gasteiger partial charge in [-0.25, -0.2) is 0 Å². The number of carbonyl (C=O) groups is 3. The minimum atomic E-state index is -0.721. The average molecular weight is 513 g/mol. The van der Waals surface area contributed by atoms with E-state index in [4.69, 9.17) is 4.52 Å². The Hall–Kier alpha value is -2.38. The second kappa shape index (κ2) is 11.6. The van der Waals surface area contributed by atoms with Crippen LogP contribution in [0.15, 0.2) is 16.8 Å². The van der Waals surface area contributed by atoms with Crippen molar-refractivity contribution in [1.29, 1.82) is 0 Å². The van der Waals surface area contributed by atoms with Crippen LogP contribution in [0.1, 0.15) is 101 Å². The summed E-state index contributed by atoms with van der Waals surface area (Å²) in [6, 6.07) is 0.380. The van der Waals surface area contributed by atoms with Crippen molar-refractivity contribution in [2.45, 2.75) is 109 Å². The van der Waals surface area contributed by atoms with Gasteiger partial charge in [0.1, 0.15) is 12.1 Å². The second-order valence-corrected chi connectivity index (χ2v) is 12.5. The summed E-state index contributed by atoms with van der Waals surface area (Å²) in [6.07, 6.45) is 14.7. The Morgan fingerprint density at radius 1 is 0.973 bits per heavy atom. The third kappa shape index (κ3) is 6.04. The number of aromatic nitrogens is 1. The molecule has 3 atom stereocenters. The van der Waals surface area contributed by atoms with Crippen LogP contribution in [0.2, 0.25) is 0 Å². The lowest BCUT2D eigenvalue weighted by molar-refractivity contribution is -0.133. The summed E-state index contributed by atoms with van der Waals surface area (Å²) in [5, 5.41) is 13.0. The molecule has 6 rings (SSSR count). The third-order valence-corrected chi connectivity index (χ3v) is 9.91. The summed E-state index contributed by atoms with van der Waals surface area (Å²) in [5.74, 6) is 2.48. The molecule has 0 unspecified atom stereocenters. The number of hydrogen-bond donors (Lipinski definition) is 3. The molecule has 1 heterocycles. The molecule has 3 N–H and O–H groups in total. The molecular weight excluding hydrogens is 468 g/mol. The van der Waals surface area contributed by atoms with Crippen LogP contribution in [0.25, 0.3) is 0 Å². The van der Waals surface area contributed by atoms with Gasteiger partial charge < -0.3 is 20.5 Å². The predicted octanol–water partition coefficient (Wildman–Crippen LogP) is 4.22. The Bertz CT molecular complexity index is 914. The van der Waals surface area contributed by atoms with Gasteiger partial charge in [0, 0.05) is 12.1 Å². The molecule has 0 radical (unpaired) electrons. The largest absolute Gasteiger partial charge is 0.351 e. The van der Waals surface area contributed by atoms with Gasteiger partial charge in [0.2, 0.25) is 17.6 Å². The first-order chi connectivity index (χ1) is 17.9. The van der Waals surface area contributed by atoms with Crippen LogP contribution in [-0.2, 0) is 9.59 Å². The molecule has 204 valence electrons. The molecule has 0 aliphatic heterocycles. The van der Waals surface area contributed by atoms with Crippen molar-refractivity contribution in [2.75, 3.05) is 0 Å². The van der Waals surface area contributed by atoms with Crippen molar-refractivity contribution in [1.82, 2.24) is 21.1 Å². The van der Waals surface area contributed by atoms with Gasteiger partial charge in [-0.3, -0.25) is 14.4 Å². The zero-order valence-electron chi connectivity index (χ0n) is 22.4. The second-order valence-electron chi connectivity index (χ2n) is 12.5. The molecule has 0 aromatic carbocycles. The highest BCUT2D eigenvalue weighted by Gasteiger charge is 2.49. The van der Waals surface area contributed by atoms with Gasteiger partial charge in [-0.2, -0.15) is 0 Å².